The molecular formula is C56H56N4O9S. The van der Waals surface area contributed by atoms with Gasteiger partial charge in [-0.3, -0.25) is 4.79 Å². The normalized spacial score (nSPS) is 16.1. The highest BCUT2D eigenvalue weighted by Crippen LogP contribution is 2.49. The Morgan fingerprint density at radius 3 is 1.97 bits per heavy atom. The van der Waals surface area contributed by atoms with Crippen molar-refractivity contribution in [3.8, 4) is 11.1 Å². The number of thioether (sulfide) groups is 1. The lowest BCUT2D eigenvalue weighted by Crippen LogP contribution is -2.47. The van der Waals surface area contributed by atoms with Crippen LogP contribution in [-0.2, 0) is 44.6 Å². The average Bonchev–Trinajstić information content (AvgIpc) is 4.12. The molecule has 0 spiro atoms. The number of carbonyl (C=O) groups excluding carboxylic acids is 4. The number of allylic oxidation sites excluding steroid dienone is 1. The molecule has 1 aromatic heterocycles. The number of ether oxygens (including phenoxy) is 4. The molecule has 14 heteroatoms. The SMILES string of the molecule is COC(=O)[C@]1(C)COC(c2coc(CNC(=O)C[C@@H](/C=C/CCSC(c3ccccc3)(c3ccccc3)c3ccccc3)OC(=O)C(NC(=O)OCC3c4ccccc4-c4ccccc43)C(C)C)n2)=N1. The van der Waals surface area contributed by atoms with Crippen molar-refractivity contribution in [2.24, 2.45) is 10.9 Å². The van der Waals surface area contributed by atoms with Gasteiger partial charge in [0.1, 0.15) is 31.6 Å². The third-order valence-corrected chi connectivity index (χ3v) is 13.9. The molecule has 2 aliphatic rings. The van der Waals surface area contributed by atoms with Crippen LogP contribution >= 0.6 is 11.8 Å². The van der Waals surface area contributed by atoms with Crippen LogP contribution in [-0.4, -0.2) is 78.6 Å². The van der Waals surface area contributed by atoms with E-state index in [-0.39, 0.29) is 55.5 Å². The lowest BCUT2D eigenvalue weighted by Gasteiger charge is -2.35. The molecule has 2 N–H and O–H groups in total. The number of nitrogens with one attached hydrogen (secondary N) is 2. The number of oxazole rings is 1. The Kier molecular flexibility index (Phi) is 15.6. The summed E-state index contributed by atoms with van der Waals surface area (Å²) in [5.74, 6) is -1.33. The van der Waals surface area contributed by atoms with Crippen LogP contribution in [0.25, 0.3) is 11.1 Å². The van der Waals surface area contributed by atoms with Crippen LogP contribution in [0.1, 0.15) is 78.9 Å². The van der Waals surface area contributed by atoms with E-state index in [2.05, 4.69) is 106 Å². The molecule has 0 bridgehead atoms. The maximum absolute atomic E-state index is 14.1. The molecule has 8 rings (SSSR count). The first-order valence-electron chi connectivity index (χ1n) is 23.3. The van der Waals surface area contributed by atoms with Crippen LogP contribution in [0.2, 0.25) is 0 Å². The molecule has 5 aromatic carbocycles. The minimum Gasteiger partial charge on any atom is -0.473 e. The van der Waals surface area contributed by atoms with Gasteiger partial charge in [-0.05, 0) is 70.0 Å². The van der Waals surface area contributed by atoms with Crippen molar-refractivity contribution in [2.75, 3.05) is 26.1 Å². The lowest BCUT2D eigenvalue weighted by molar-refractivity contribution is -0.151. The molecule has 0 fully saturated rings. The minimum absolute atomic E-state index is 0.0208. The van der Waals surface area contributed by atoms with Crippen LogP contribution < -0.4 is 10.6 Å². The number of rotatable bonds is 20. The third kappa shape index (κ3) is 11.0. The first-order valence-corrected chi connectivity index (χ1v) is 24.3. The summed E-state index contributed by atoms with van der Waals surface area (Å²) in [5.41, 5.74) is 6.77. The molecule has 2 heterocycles. The summed E-state index contributed by atoms with van der Waals surface area (Å²) < 4.78 is 27.4. The van der Waals surface area contributed by atoms with Gasteiger partial charge < -0.3 is 34.0 Å². The van der Waals surface area contributed by atoms with E-state index < -0.39 is 46.4 Å². The zero-order chi connectivity index (χ0) is 49.1. The van der Waals surface area contributed by atoms with E-state index in [0.29, 0.717) is 12.2 Å². The van der Waals surface area contributed by atoms with Crippen molar-refractivity contribution in [2.45, 2.75) is 68.5 Å². The van der Waals surface area contributed by atoms with Crippen LogP contribution in [0, 0.1) is 5.92 Å². The topological polar surface area (TPSA) is 168 Å². The molecule has 6 aromatic rings. The van der Waals surface area contributed by atoms with Gasteiger partial charge in [-0.1, -0.05) is 159 Å². The number of esters is 2. The summed E-state index contributed by atoms with van der Waals surface area (Å²) in [6, 6.07) is 46.3. The summed E-state index contributed by atoms with van der Waals surface area (Å²) in [6.45, 7) is 5.14. The summed E-state index contributed by atoms with van der Waals surface area (Å²) in [4.78, 5) is 62.1. The van der Waals surface area contributed by atoms with Crippen molar-refractivity contribution in [3.63, 3.8) is 0 Å². The van der Waals surface area contributed by atoms with Gasteiger partial charge in [0, 0.05) is 5.92 Å². The summed E-state index contributed by atoms with van der Waals surface area (Å²) in [6.07, 6.45) is 3.52. The number of aromatic nitrogens is 1. The summed E-state index contributed by atoms with van der Waals surface area (Å²) in [7, 11) is 1.28. The maximum Gasteiger partial charge on any atom is 0.407 e. The minimum atomic E-state index is -1.22. The zero-order valence-electron chi connectivity index (χ0n) is 39.5. The Bertz CT molecular complexity index is 2690. The molecule has 1 aliphatic heterocycles. The Balaban J connectivity index is 0.961. The smallest absolute Gasteiger partial charge is 0.407 e. The molecule has 1 aliphatic carbocycles. The van der Waals surface area contributed by atoms with Crippen LogP contribution in [0.5, 0.6) is 0 Å². The standard InChI is InChI=1S/C56H56N4O9S/c1-37(2)50(59-54(64)67-34-46-44-29-16-14-27-42(44)43-28-15-17-30-45(43)46)52(62)69-41(32-48(61)57-33-49-58-47(35-66-49)51-60-55(3,36-68-51)53(63)65-4)26-18-19-31-70-56(38-20-8-5-9-21-38,39-22-10-6-11-23-39)40-24-12-7-13-25-40/h5-18,20-30,35,37,41,46,50H,19,31-34,36H2,1-4H3,(H,57,61)(H,59,64)/b26-18+/t41-,50?,55+/m1/s1. The molecule has 0 radical (unpaired) electrons. The van der Waals surface area contributed by atoms with Crippen molar-refractivity contribution < 1.29 is 42.5 Å². The van der Waals surface area contributed by atoms with Gasteiger partial charge in [-0.15, -0.1) is 11.8 Å². The number of carbonyl (C=O) groups is 4. The fraction of sp³-hybridized carbons (Fsp3) is 0.286. The summed E-state index contributed by atoms with van der Waals surface area (Å²) >= 11 is 1.79. The van der Waals surface area contributed by atoms with Crippen LogP contribution in [0.15, 0.2) is 167 Å². The van der Waals surface area contributed by atoms with Gasteiger partial charge in [0.2, 0.25) is 17.7 Å². The van der Waals surface area contributed by atoms with Crippen molar-refractivity contribution >= 4 is 41.6 Å². The van der Waals surface area contributed by atoms with Crippen molar-refractivity contribution in [1.29, 1.82) is 0 Å². The number of amides is 2. The van der Waals surface area contributed by atoms with E-state index in [1.54, 1.807) is 38.6 Å². The molecule has 13 nitrogen and oxygen atoms in total. The quantitative estimate of drug-likeness (QED) is 0.0246. The number of aliphatic imine (C=N–C) groups is 1. The number of benzene rings is 5. The number of nitrogens with zero attached hydrogens (tertiary/aromatic N) is 2. The van der Waals surface area contributed by atoms with Crippen molar-refractivity contribution in [3.05, 3.63) is 197 Å². The Hall–Kier alpha value is -7.45. The van der Waals surface area contributed by atoms with Gasteiger partial charge in [0.15, 0.2) is 11.2 Å². The second-order valence-corrected chi connectivity index (χ2v) is 18.9. The molecule has 2 amide bonds. The monoisotopic (exact) mass is 960 g/mol. The number of hydrogen-bond donors (Lipinski definition) is 2. The highest BCUT2D eigenvalue weighted by atomic mass is 32.2. The highest BCUT2D eigenvalue weighted by Gasteiger charge is 2.42. The van der Waals surface area contributed by atoms with Gasteiger partial charge in [-0.2, -0.15) is 0 Å². The van der Waals surface area contributed by atoms with E-state index >= 15 is 0 Å². The van der Waals surface area contributed by atoms with Crippen LogP contribution in [0.3, 0.4) is 0 Å². The molecule has 0 saturated heterocycles. The van der Waals surface area contributed by atoms with E-state index in [1.807, 2.05) is 60.7 Å². The van der Waals surface area contributed by atoms with E-state index in [4.69, 9.17) is 23.4 Å². The predicted octanol–water partition coefficient (Wildman–Crippen LogP) is 9.54. The number of hydrogen-bond acceptors (Lipinski definition) is 12. The zero-order valence-corrected chi connectivity index (χ0v) is 40.4. The first-order chi connectivity index (χ1) is 34.0. The predicted molar refractivity (Wildman–Crippen MR) is 268 cm³/mol. The molecular weight excluding hydrogens is 905 g/mol. The Labute approximate surface area is 412 Å². The second kappa shape index (κ2) is 22.3. The van der Waals surface area contributed by atoms with Crippen molar-refractivity contribution in [1.82, 2.24) is 15.6 Å². The van der Waals surface area contributed by atoms with Gasteiger partial charge in [0.25, 0.3) is 0 Å². The summed E-state index contributed by atoms with van der Waals surface area (Å²) in [5, 5.41) is 5.54. The second-order valence-electron chi connectivity index (χ2n) is 17.6. The van der Waals surface area contributed by atoms with Crippen LogP contribution in [0.4, 0.5) is 4.79 Å². The van der Waals surface area contributed by atoms with E-state index in [9.17, 15) is 19.2 Å². The fourth-order valence-corrected chi connectivity index (χ4v) is 10.3. The van der Waals surface area contributed by atoms with E-state index in [0.717, 1.165) is 38.9 Å². The van der Waals surface area contributed by atoms with Gasteiger partial charge >= 0.3 is 18.0 Å². The Morgan fingerprint density at radius 1 is 0.829 bits per heavy atom. The fourth-order valence-electron chi connectivity index (χ4n) is 8.81. The number of methoxy groups -OCH3 is 1. The largest absolute Gasteiger partial charge is 0.473 e. The molecule has 0 saturated carbocycles. The molecule has 360 valence electrons. The third-order valence-electron chi connectivity index (χ3n) is 12.4. The molecule has 1 unspecified atom stereocenters. The number of alkyl carbamates (subject to hydrolysis) is 1. The lowest BCUT2D eigenvalue weighted by atomic mass is 9.84. The van der Waals surface area contributed by atoms with Gasteiger partial charge in [-0.25, -0.2) is 24.4 Å². The highest BCUT2D eigenvalue weighted by molar-refractivity contribution is 8.00. The molecule has 70 heavy (non-hydrogen) atoms. The first kappa shape index (κ1) is 49.0. The molecule has 3 atom stereocenters. The Morgan fingerprint density at radius 2 is 1.40 bits per heavy atom. The number of fused-ring (bicyclic) bond motifs is 3. The average molecular weight is 961 g/mol. The maximum atomic E-state index is 14.1. The van der Waals surface area contributed by atoms with E-state index in [1.165, 1.54) is 13.4 Å². The van der Waals surface area contributed by atoms with Gasteiger partial charge in [0.05, 0.1) is 24.8 Å².